The Morgan fingerprint density at radius 3 is 2.32 bits per heavy atom. The third-order valence-electron chi connectivity index (χ3n) is 5.78. The lowest BCUT2D eigenvalue weighted by Crippen LogP contribution is -2.48. The molecule has 0 saturated heterocycles. The van der Waals surface area contributed by atoms with Crippen LogP contribution in [-0.4, -0.2) is 21.9 Å². The second kappa shape index (κ2) is 8.41. The number of rotatable bonds is 6. The van der Waals surface area contributed by atoms with Gasteiger partial charge in [0.15, 0.2) is 4.34 Å². The summed E-state index contributed by atoms with van der Waals surface area (Å²) in [5.74, 6) is 3.08. The molecule has 1 heterocycles. The molecule has 0 aliphatic heterocycles. The number of hydrogen-bond donors (Lipinski definition) is 0. The van der Waals surface area contributed by atoms with Crippen molar-refractivity contribution in [2.75, 3.05) is 6.54 Å². The number of nitrogens with zero attached hydrogens (tertiary/aromatic N) is 2. The third-order valence-corrected chi connectivity index (χ3v) is 8.07. The van der Waals surface area contributed by atoms with Crippen LogP contribution >= 0.6 is 23.3 Å². The standard InChI is InChI=1S/C21H32N2S2/c1-6-23(25-21-22-18-12-7-8-13-19(18)24-21)20-16(14(2)3)10-9-11-17(20)15(4)5/h7-8,12-17,20H,6,9-11H2,1-5H3. The summed E-state index contributed by atoms with van der Waals surface area (Å²) in [5, 5.41) is 0. The highest BCUT2D eigenvalue weighted by Crippen LogP contribution is 2.44. The van der Waals surface area contributed by atoms with E-state index in [9.17, 15) is 0 Å². The third kappa shape index (κ3) is 4.23. The van der Waals surface area contributed by atoms with Gasteiger partial charge >= 0.3 is 0 Å². The topological polar surface area (TPSA) is 16.1 Å². The Hall–Kier alpha value is -0.580. The smallest absolute Gasteiger partial charge is 0.166 e. The molecule has 2 atom stereocenters. The van der Waals surface area contributed by atoms with Gasteiger partial charge in [-0.2, -0.15) is 0 Å². The minimum Gasteiger partial charge on any atom is -0.241 e. The van der Waals surface area contributed by atoms with Gasteiger partial charge in [0.25, 0.3) is 0 Å². The van der Waals surface area contributed by atoms with Crippen LogP contribution in [0.5, 0.6) is 0 Å². The van der Waals surface area contributed by atoms with Gasteiger partial charge in [-0.1, -0.05) is 53.2 Å². The zero-order chi connectivity index (χ0) is 18.0. The maximum atomic E-state index is 4.87. The SMILES string of the molecule is CCN(Sc1nc2ccccc2s1)C1C(C(C)C)CCCC1C(C)C. The van der Waals surface area contributed by atoms with E-state index in [0.717, 1.165) is 35.7 Å². The second-order valence-corrected chi connectivity index (χ2v) is 10.3. The second-order valence-electron chi connectivity index (χ2n) is 8.01. The van der Waals surface area contributed by atoms with Crippen molar-refractivity contribution in [3.05, 3.63) is 24.3 Å². The molecule has 2 aromatic rings. The van der Waals surface area contributed by atoms with Gasteiger partial charge in [-0.25, -0.2) is 9.29 Å². The van der Waals surface area contributed by atoms with E-state index in [1.807, 2.05) is 23.3 Å². The van der Waals surface area contributed by atoms with Gasteiger partial charge in [0.1, 0.15) is 0 Å². The van der Waals surface area contributed by atoms with Crippen molar-refractivity contribution < 1.29 is 0 Å². The average Bonchev–Trinajstić information content (AvgIpc) is 3.01. The lowest BCUT2D eigenvalue weighted by molar-refractivity contribution is 0.0694. The minimum absolute atomic E-state index is 0.663. The molecule has 1 aromatic carbocycles. The van der Waals surface area contributed by atoms with E-state index < -0.39 is 0 Å². The normalized spacial score (nSPS) is 24.7. The van der Waals surface area contributed by atoms with E-state index >= 15 is 0 Å². The molecule has 0 amide bonds. The van der Waals surface area contributed by atoms with Crippen LogP contribution < -0.4 is 0 Å². The molecule has 3 rings (SSSR count). The van der Waals surface area contributed by atoms with E-state index in [2.05, 4.69) is 63.2 Å². The summed E-state index contributed by atoms with van der Waals surface area (Å²) in [4.78, 5) is 4.87. The Bertz CT molecular complexity index is 630. The van der Waals surface area contributed by atoms with Crippen LogP contribution in [0.15, 0.2) is 28.6 Å². The number of para-hydroxylation sites is 1. The first-order valence-corrected chi connectivity index (χ1v) is 11.4. The Kier molecular flexibility index (Phi) is 6.45. The Labute approximate surface area is 161 Å². The lowest BCUT2D eigenvalue weighted by Gasteiger charge is -2.47. The molecule has 0 spiro atoms. The van der Waals surface area contributed by atoms with Crippen molar-refractivity contribution in [2.45, 2.75) is 64.3 Å². The largest absolute Gasteiger partial charge is 0.241 e. The van der Waals surface area contributed by atoms with Crippen molar-refractivity contribution in [1.29, 1.82) is 0 Å². The van der Waals surface area contributed by atoms with Crippen LogP contribution in [0.25, 0.3) is 10.2 Å². The quantitative estimate of drug-likeness (QED) is 0.520. The predicted molar refractivity (Wildman–Crippen MR) is 112 cm³/mol. The van der Waals surface area contributed by atoms with Gasteiger partial charge in [0, 0.05) is 12.6 Å². The van der Waals surface area contributed by atoms with Crippen LogP contribution in [0.3, 0.4) is 0 Å². The maximum Gasteiger partial charge on any atom is 0.166 e. The maximum absolute atomic E-state index is 4.87. The van der Waals surface area contributed by atoms with E-state index in [0.29, 0.717) is 6.04 Å². The van der Waals surface area contributed by atoms with Gasteiger partial charge < -0.3 is 0 Å². The van der Waals surface area contributed by atoms with E-state index in [1.165, 1.54) is 28.3 Å². The fourth-order valence-electron chi connectivity index (χ4n) is 4.46. The van der Waals surface area contributed by atoms with Crippen LogP contribution in [0.1, 0.15) is 53.9 Å². The molecule has 1 saturated carbocycles. The summed E-state index contributed by atoms with van der Waals surface area (Å²) in [6.45, 7) is 13.0. The number of thiazole rings is 1. The van der Waals surface area contributed by atoms with Crippen molar-refractivity contribution in [1.82, 2.24) is 9.29 Å². The molecule has 0 bridgehead atoms. The number of hydrogen-bond acceptors (Lipinski definition) is 4. The fourth-order valence-corrected chi connectivity index (χ4v) is 6.76. The van der Waals surface area contributed by atoms with Crippen molar-refractivity contribution in [2.24, 2.45) is 23.7 Å². The highest BCUT2D eigenvalue weighted by Gasteiger charge is 2.40. The van der Waals surface area contributed by atoms with Crippen molar-refractivity contribution in [3.8, 4) is 0 Å². The summed E-state index contributed by atoms with van der Waals surface area (Å²) in [6, 6.07) is 9.16. The summed E-state index contributed by atoms with van der Waals surface area (Å²) in [7, 11) is 0. The molecule has 0 N–H and O–H groups in total. The van der Waals surface area contributed by atoms with E-state index in [1.54, 1.807) is 0 Å². The Morgan fingerprint density at radius 2 is 1.76 bits per heavy atom. The molecule has 2 nitrogen and oxygen atoms in total. The zero-order valence-electron chi connectivity index (χ0n) is 16.2. The Morgan fingerprint density at radius 1 is 1.12 bits per heavy atom. The van der Waals surface area contributed by atoms with Crippen molar-refractivity contribution in [3.63, 3.8) is 0 Å². The monoisotopic (exact) mass is 376 g/mol. The molecule has 4 heteroatoms. The van der Waals surface area contributed by atoms with Gasteiger partial charge in [0.05, 0.1) is 10.2 Å². The molecule has 1 aromatic heterocycles. The van der Waals surface area contributed by atoms with Gasteiger partial charge in [-0.3, -0.25) is 0 Å². The van der Waals surface area contributed by atoms with E-state index in [4.69, 9.17) is 4.98 Å². The van der Waals surface area contributed by atoms with Crippen molar-refractivity contribution >= 4 is 33.5 Å². The molecule has 1 aliphatic rings. The Balaban J connectivity index is 1.87. The van der Waals surface area contributed by atoms with E-state index in [-0.39, 0.29) is 0 Å². The summed E-state index contributed by atoms with van der Waals surface area (Å²) >= 11 is 3.74. The first kappa shape index (κ1) is 19.2. The van der Waals surface area contributed by atoms with Gasteiger partial charge in [-0.15, -0.1) is 11.3 Å². The highest BCUT2D eigenvalue weighted by molar-refractivity contribution is 7.98. The first-order valence-electron chi connectivity index (χ1n) is 9.81. The predicted octanol–water partition coefficient (Wildman–Crippen LogP) is 6.72. The molecule has 0 radical (unpaired) electrons. The fraction of sp³-hybridized carbons (Fsp3) is 0.667. The molecule has 25 heavy (non-hydrogen) atoms. The molecular weight excluding hydrogens is 344 g/mol. The number of fused-ring (bicyclic) bond motifs is 1. The highest BCUT2D eigenvalue weighted by atomic mass is 32.2. The van der Waals surface area contributed by atoms with Gasteiger partial charge in [-0.05, 0) is 60.6 Å². The van der Waals surface area contributed by atoms with Crippen LogP contribution in [-0.2, 0) is 0 Å². The minimum atomic E-state index is 0.663. The zero-order valence-corrected chi connectivity index (χ0v) is 17.9. The summed E-state index contributed by atoms with van der Waals surface area (Å²) < 4.78 is 5.15. The molecule has 1 fully saturated rings. The van der Waals surface area contributed by atoms with Crippen LogP contribution in [0.2, 0.25) is 0 Å². The summed E-state index contributed by atoms with van der Waals surface area (Å²) in [5.41, 5.74) is 1.13. The molecular formula is C21H32N2S2. The lowest BCUT2D eigenvalue weighted by atomic mass is 9.68. The number of benzene rings is 1. The van der Waals surface area contributed by atoms with Crippen LogP contribution in [0, 0.1) is 23.7 Å². The molecule has 138 valence electrons. The van der Waals surface area contributed by atoms with Gasteiger partial charge in [0.2, 0.25) is 0 Å². The molecule has 1 aliphatic carbocycles. The van der Waals surface area contributed by atoms with Crippen LogP contribution in [0.4, 0.5) is 0 Å². The molecule has 2 unspecified atom stereocenters. The summed E-state index contributed by atoms with van der Waals surface area (Å²) in [6.07, 6.45) is 4.15. The average molecular weight is 377 g/mol. The first-order chi connectivity index (χ1) is 12.0. The number of aromatic nitrogens is 1.